The molecule has 1 saturated carbocycles. The Balaban J connectivity index is 0.00000288. The van der Waals surface area contributed by atoms with Gasteiger partial charge in [0.25, 0.3) is 0 Å². The molecule has 24 heavy (non-hydrogen) atoms. The van der Waals surface area contributed by atoms with Crippen LogP contribution in [0.25, 0.3) is 0 Å². The van der Waals surface area contributed by atoms with Crippen LogP contribution in [-0.4, -0.2) is 25.5 Å². The lowest BCUT2D eigenvalue weighted by Gasteiger charge is -2.29. The van der Waals surface area contributed by atoms with Gasteiger partial charge in [-0.15, -0.1) is 12.4 Å². The van der Waals surface area contributed by atoms with Crippen molar-refractivity contribution in [1.29, 1.82) is 0 Å². The van der Waals surface area contributed by atoms with E-state index in [0.29, 0.717) is 24.9 Å². The topological polar surface area (TPSA) is 41.1 Å². The number of rotatable bonds is 5. The van der Waals surface area contributed by atoms with Crippen LogP contribution < -0.4 is 10.6 Å². The highest BCUT2D eigenvalue weighted by Gasteiger charge is 2.43. The molecule has 2 N–H and O–H groups in total. The van der Waals surface area contributed by atoms with Gasteiger partial charge in [0.1, 0.15) is 0 Å². The molecule has 1 aromatic carbocycles. The van der Waals surface area contributed by atoms with E-state index >= 15 is 0 Å². The molecule has 3 nitrogen and oxygen atoms in total. The van der Waals surface area contributed by atoms with E-state index < -0.39 is 17.2 Å². The first-order chi connectivity index (χ1) is 10.8. The molecule has 1 fully saturated rings. The lowest BCUT2D eigenvalue weighted by atomic mass is 9.77. The van der Waals surface area contributed by atoms with E-state index in [1.807, 2.05) is 6.92 Å². The summed E-state index contributed by atoms with van der Waals surface area (Å²) in [5, 5.41) is 5.92. The Kier molecular flexibility index (Phi) is 7.10. The van der Waals surface area contributed by atoms with Crippen LogP contribution in [0.3, 0.4) is 0 Å². The number of carbonyl (C=O) groups excluding carboxylic acids is 1. The lowest BCUT2D eigenvalue weighted by molar-refractivity contribution is -0.138. The minimum Gasteiger partial charge on any atom is -0.354 e. The summed E-state index contributed by atoms with van der Waals surface area (Å²) in [5.74, 6) is -0.170. The SMILES string of the molecule is CNC(C)CNC(=O)C1(c2cccc(C(F)(F)F)c2)CCCC1.Cl. The predicted octanol–water partition coefficient (Wildman–Crippen LogP) is 3.66. The molecule has 1 aliphatic carbocycles. The third kappa shape index (κ3) is 4.42. The molecule has 1 atom stereocenters. The lowest BCUT2D eigenvalue weighted by Crippen LogP contribution is -2.46. The first kappa shape index (κ1) is 20.8. The Labute approximate surface area is 146 Å². The average molecular weight is 365 g/mol. The van der Waals surface area contributed by atoms with Gasteiger partial charge < -0.3 is 10.6 Å². The van der Waals surface area contributed by atoms with Crippen molar-refractivity contribution in [1.82, 2.24) is 10.6 Å². The molecule has 1 amide bonds. The summed E-state index contributed by atoms with van der Waals surface area (Å²) in [5.41, 5.74) is -1.06. The molecular weight excluding hydrogens is 341 g/mol. The van der Waals surface area contributed by atoms with Crippen LogP contribution in [0.15, 0.2) is 24.3 Å². The van der Waals surface area contributed by atoms with Gasteiger partial charge in [0.15, 0.2) is 0 Å². The first-order valence-corrected chi connectivity index (χ1v) is 7.93. The number of nitrogens with one attached hydrogen (secondary N) is 2. The maximum absolute atomic E-state index is 13.0. The first-order valence-electron chi connectivity index (χ1n) is 7.93. The Morgan fingerprint density at radius 2 is 1.92 bits per heavy atom. The number of benzene rings is 1. The maximum Gasteiger partial charge on any atom is 0.416 e. The number of halogens is 4. The molecule has 0 aliphatic heterocycles. The van der Waals surface area contributed by atoms with Gasteiger partial charge >= 0.3 is 6.18 Å². The van der Waals surface area contributed by atoms with Crippen molar-refractivity contribution in [3.8, 4) is 0 Å². The van der Waals surface area contributed by atoms with Crippen LogP contribution in [0.5, 0.6) is 0 Å². The van der Waals surface area contributed by atoms with Crippen molar-refractivity contribution in [3.05, 3.63) is 35.4 Å². The molecule has 136 valence electrons. The molecule has 0 bridgehead atoms. The largest absolute Gasteiger partial charge is 0.416 e. The van der Waals surface area contributed by atoms with Crippen LogP contribution in [0.1, 0.15) is 43.7 Å². The fourth-order valence-corrected chi connectivity index (χ4v) is 3.14. The van der Waals surface area contributed by atoms with Gasteiger partial charge in [-0.05, 0) is 38.4 Å². The Morgan fingerprint density at radius 1 is 1.29 bits per heavy atom. The van der Waals surface area contributed by atoms with Gasteiger partial charge in [-0.1, -0.05) is 31.0 Å². The molecule has 1 aliphatic rings. The van der Waals surface area contributed by atoms with Gasteiger partial charge in [-0.2, -0.15) is 13.2 Å². The Hall–Kier alpha value is -1.27. The van der Waals surface area contributed by atoms with E-state index in [0.717, 1.165) is 25.0 Å². The average Bonchev–Trinajstić information content (AvgIpc) is 3.02. The summed E-state index contributed by atoms with van der Waals surface area (Å²) in [6, 6.07) is 5.32. The molecule has 2 rings (SSSR count). The van der Waals surface area contributed by atoms with Crippen LogP contribution in [0.4, 0.5) is 13.2 Å². The van der Waals surface area contributed by atoms with E-state index in [1.54, 1.807) is 13.1 Å². The second-order valence-corrected chi connectivity index (χ2v) is 6.27. The van der Waals surface area contributed by atoms with E-state index in [2.05, 4.69) is 10.6 Å². The number of alkyl halides is 3. The van der Waals surface area contributed by atoms with E-state index in [1.165, 1.54) is 6.07 Å². The van der Waals surface area contributed by atoms with Crippen molar-refractivity contribution < 1.29 is 18.0 Å². The number of likely N-dealkylation sites (N-methyl/N-ethyl adjacent to an activating group) is 1. The molecular formula is C17H24ClF3N2O. The summed E-state index contributed by atoms with van der Waals surface area (Å²) in [4.78, 5) is 12.7. The zero-order chi connectivity index (χ0) is 17.1. The van der Waals surface area contributed by atoms with Crippen LogP contribution in [0.2, 0.25) is 0 Å². The van der Waals surface area contributed by atoms with Crippen molar-refractivity contribution in [2.75, 3.05) is 13.6 Å². The van der Waals surface area contributed by atoms with Crippen LogP contribution in [0, 0.1) is 0 Å². The highest BCUT2D eigenvalue weighted by atomic mass is 35.5. The molecule has 0 radical (unpaired) electrons. The minimum atomic E-state index is -4.40. The highest BCUT2D eigenvalue weighted by Crippen LogP contribution is 2.43. The van der Waals surface area contributed by atoms with Gasteiger partial charge in [-0.3, -0.25) is 4.79 Å². The highest BCUT2D eigenvalue weighted by molar-refractivity contribution is 5.88. The molecule has 7 heteroatoms. The second kappa shape index (κ2) is 8.21. The molecule has 0 saturated heterocycles. The van der Waals surface area contributed by atoms with Crippen LogP contribution >= 0.6 is 12.4 Å². The molecule has 0 spiro atoms. The molecule has 0 aromatic heterocycles. The van der Waals surface area contributed by atoms with Gasteiger partial charge in [-0.25, -0.2) is 0 Å². The van der Waals surface area contributed by atoms with E-state index in [-0.39, 0.29) is 24.4 Å². The van der Waals surface area contributed by atoms with Gasteiger partial charge in [0, 0.05) is 12.6 Å². The van der Waals surface area contributed by atoms with E-state index in [4.69, 9.17) is 0 Å². The fourth-order valence-electron chi connectivity index (χ4n) is 3.14. The number of amides is 1. The maximum atomic E-state index is 13.0. The number of hydrogen-bond donors (Lipinski definition) is 2. The number of carbonyl (C=O) groups is 1. The molecule has 1 aromatic rings. The smallest absolute Gasteiger partial charge is 0.354 e. The normalized spacial score (nSPS) is 17.9. The third-order valence-corrected chi connectivity index (χ3v) is 4.70. The summed E-state index contributed by atoms with van der Waals surface area (Å²) in [7, 11) is 1.80. The summed E-state index contributed by atoms with van der Waals surface area (Å²) >= 11 is 0. The summed E-state index contributed by atoms with van der Waals surface area (Å²) in [6.45, 7) is 2.39. The standard InChI is InChI=1S/C17H23F3N2O.ClH/c1-12(21-2)11-22-15(23)16(8-3-4-9-16)13-6-5-7-14(10-13)17(18,19)20;/h5-7,10,12,21H,3-4,8-9,11H2,1-2H3,(H,22,23);1H. The van der Waals surface area contributed by atoms with Crippen molar-refractivity contribution in [2.24, 2.45) is 0 Å². The van der Waals surface area contributed by atoms with Crippen molar-refractivity contribution in [3.63, 3.8) is 0 Å². The Morgan fingerprint density at radius 3 is 2.46 bits per heavy atom. The quantitative estimate of drug-likeness (QED) is 0.837. The second-order valence-electron chi connectivity index (χ2n) is 6.27. The summed E-state index contributed by atoms with van der Waals surface area (Å²) < 4.78 is 38.9. The monoisotopic (exact) mass is 364 g/mol. The van der Waals surface area contributed by atoms with Crippen LogP contribution in [-0.2, 0) is 16.4 Å². The minimum absolute atomic E-state index is 0. The Bertz CT molecular complexity index is 557. The molecule has 0 heterocycles. The number of hydrogen-bond acceptors (Lipinski definition) is 2. The van der Waals surface area contributed by atoms with E-state index in [9.17, 15) is 18.0 Å². The van der Waals surface area contributed by atoms with Gasteiger partial charge in [0.2, 0.25) is 5.91 Å². The summed E-state index contributed by atoms with van der Waals surface area (Å²) in [6.07, 6.45) is -1.51. The predicted molar refractivity (Wildman–Crippen MR) is 90.4 cm³/mol. The zero-order valence-corrected chi connectivity index (χ0v) is 14.7. The third-order valence-electron chi connectivity index (χ3n) is 4.70. The van der Waals surface area contributed by atoms with Crippen molar-refractivity contribution in [2.45, 2.75) is 50.2 Å². The fraction of sp³-hybridized carbons (Fsp3) is 0.588. The zero-order valence-electron chi connectivity index (χ0n) is 13.9. The molecule has 1 unspecified atom stereocenters. The van der Waals surface area contributed by atoms with Gasteiger partial charge in [0.05, 0.1) is 11.0 Å². The van der Waals surface area contributed by atoms with Crippen molar-refractivity contribution >= 4 is 18.3 Å².